The Morgan fingerprint density at radius 2 is 1.63 bits per heavy atom. The minimum atomic E-state index is -0.246. The summed E-state index contributed by atoms with van der Waals surface area (Å²) in [6.07, 6.45) is 3.43. The van der Waals surface area contributed by atoms with E-state index in [9.17, 15) is 9.59 Å². The summed E-state index contributed by atoms with van der Waals surface area (Å²) < 4.78 is 5.25. The summed E-state index contributed by atoms with van der Waals surface area (Å²) in [6.45, 7) is 4.04. The van der Waals surface area contributed by atoms with Gasteiger partial charge in [0.1, 0.15) is 5.75 Å². The van der Waals surface area contributed by atoms with Crippen molar-refractivity contribution in [3.63, 3.8) is 0 Å². The maximum atomic E-state index is 13.5. The van der Waals surface area contributed by atoms with Crippen LogP contribution in [0.2, 0.25) is 10.0 Å². The van der Waals surface area contributed by atoms with Crippen LogP contribution < -0.4 is 10.1 Å². The summed E-state index contributed by atoms with van der Waals surface area (Å²) in [6, 6.07) is 22.8. The molecule has 5 rings (SSSR count). The molecule has 3 aromatic rings. The van der Waals surface area contributed by atoms with Gasteiger partial charge in [0, 0.05) is 25.2 Å². The van der Waals surface area contributed by atoms with Gasteiger partial charge in [-0.3, -0.25) is 9.59 Å². The van der Waals surface area contributed by atoms with Crippen molar-refractivity contribution in [2.75, 3.05) is 33.3 Å². The van der Waals surface area contributed by atoms with Crippen molar-refractivity contribution in [3.05, 3.63) is 99.5 Å². The van der Waals surface area contributed by atoms with Crippen molar-refractivity contribution in [1.82, 2.24) is 15.1 Å². The molecule has 2 aliphatic rings. The van der Waals surface area contributed by atoms with Gasteiger partial charge in [0.05, 0.1) is 28.6 Å². The number of hydrogen-bond donors (Lipinski definition) is 1. The predicted molar refractivity (Wildman–Crippen MR) is 166 cm³/mol. The van der Waals surface area contributed by atoms with Gasteiger partial charge < -0.3 is 19.9 Å². The highest BCUT2D eigenvalue weighted by Crippen LogP contribution is 2.42. The van der Waals surface area contributed by atoms with Crippen LogP contribution in [0, 0.1) is 5.41 Å². The molecule has 6 nitrogen and oxygen atoms in total. The van der Waals surface area contributed by atoms with Crippen molar-refractivity contribution >= 4 is 47.4 Å². The summed E-state index contributed by atoms with van der Waals surface area (Å²) in [5.41, 5.74) is 2.42. The van der Waals surface area contributed by atoms with Crippen molar-refractivity contribution in [1.29, 1.82) is 0 Å². The van der Waals surface area contributed by atoms with E-state index in [4.69, 9.17) is 27.9 Å². The van der Waals surface area contributed by atoms with E-state index in [0.29, 0.717) is 28.1 Å². The summed E-state index contributed by atoms with van der Waals surface area (Å²) in [5.74, 6) is 0.932. The van der Waals surface area contributed by atoms with E-state index < -0.39 is 0 Å². The lowest BCUT2D eigenvalue weighted by Crippen LogP contribution is -2.45. The van der Waals surface area contributed by atoms with Crippen LogP contribution in [0.1, 0.15) is 53.2 Å². The van der Waals surface area contributed by atoms with Crippen molar-refractivity contribution < 1.29 is 14.3 Å². The zero-order valence-corrected chi connectivity index (χ0v) is 25.5. The standard InChI is InChI=1S/C32H35Cl2N3O3.ClH/c1-40-26-10-7-23(8-11-26)22-37-20-16-32(31(37)39)14-18-36(19-15-32)17-13-29(24-5-3-2-4-6-24)35-30(38)25-9-12-27(33)28(34)21-25;/h2-12,21,29H,13-20,22H2,1H3,(H,35,38);1H. The molecule has 0 saturated carbocycles. The maximum Gasteiger partial charge on any atom is 0.251 e. The van der Waals surface area contributed by atoms with E-state index in [0.717, 1.165) is 68.7 Å². The number of methoxy groups -OCH3 is 1. The quantitative estimate of drug-likeness (QED) is 0.287. The third kappa shape index (κ3) is 7.36. The van der Waals surface area contributed by atoms with E-state index in [1.807, 2.05) is 59.5 Å². The van der Waals surface area contributed by atoms with Crippen LogP contribution in [-0.4, -0.2) is 54.9 Å². The van der Waals surface area contributed by atoms with E-state index in [1.54, 1.807) is 25.3 Å². The molecule has 9 heteroatoms. The highest BCUT2D eigenvalue weighted by molar-refractivity contribution is 6.42. The van der Waals surface area contributed by atoms with Gasteiger partial charge in [-0.15, -0.1) is 12.4 Å². The fourth-order valence-electron chi connectivity index (χ4n) is 5.86. The minimum Gasteiger partial charge on any atom is -0.497 e. The van der Waals surface area contributed by atoms with Gasteiger partial charge in [-0.05, 0) is 80.2 Å². The van der Waals surface area contributed by atoms with Crippen molar-refractivity contribution in [2.24, 2.45) is 5.41 Å². The minimum absolute atomic E-state index is 0. The number of halogens is 3. The molecule has 2 heterocycles. The number of amides is 2. The van der Waals surface area contributed by atoms with Gasteiger partial charge in [0.2, 0.25) is 5.91 Å². The molecule has 2 saturated heterocycles. The Bertz CT molecular complexity index is 1330. The first kappa shape index (κ1) is 31.2. The van der Waals surface area contributed by atoms with Crippen LogP contribution in [0.5, 0.6) is 5.75 Å². The molecule has 0 radical (unpaired) electrons. The van der Waals surface area contributed by atoms with Gasteiger partial charge >= 0.3 is 0 Å². The number of carbonyl (C=O) groups excluding carboxylic acids is 2. The summed E-state index contributed by atoms with van der Waals surface area (Å²) in [4.78, 5) is 31.0. The fourth-order valence-corrected chi connectivity index (χ4v) is 6.16. The molecule has 2 aliphatic heterocycles. The topological polar surface area (TPSA) is 61.9 Å². The maximum absolute atomic E-state index is 13.5. The monoisotopic (exact) mass is 615 g/mol. The van der Waals surface area contributed by atoms with E-state index in [-0.39, 0.29) is 29.8 Å². The molecule has 218 valence electrons. The van der Waals surface area contributed by atoms with Crippen LogP contribution in [0.3, 0.4) is 0 Å². The Kier molecular flexibility index (Phi) is 10.6. The lowest BCUT2D eigenvalue weighted by Gasteiger charge is -2.38. The highest BCUT2D eigenvalue weighted by Gasteiger charge is 2.47. The number of benzene rings is 3. The molecular weight excluding hydrogens is 581 g/mol. The molecule has 2 amide bonds. The second-order valence-corrected chi connectivity index (χ2v) is 11.6. The van der Waals surface area contributed by atoms with Crippen LogP contribution in [0.15, 0.2) is 72.8 Å². The Hall–Kier alpha value is -2.77. The van der Waals surface area contributed by atoms with Crippen molar-refractivity contribution in [2.45, 2.75) is 38.3 Å². The van der Waals surface area contributed by atoms with Gasteiger partial charge in [0.25, 0.3) is 5.91 Å². The first-order valence-corrected chi connectivity index (χ1v) is 14.6. The number of likely N-dealkylation sites (tertiary alicyclic amines) is 2. The van der Waals surface area contributed by atoms with Gasteiger partial charge in [-0.25, -0.2) is 0 Å². The Morgan fingerprint density at radius 1 is 0.951 bits per heavy atom. The average Bonchev–Trinajstić information content (AvgIpc) is 3.28. The molecule has 2 fully saturated rings. The number of ether oxygens (including phenoxy) is 1. The first-order valence-electron chi connectivity index (χ1n) is 13.8. The largest absolute Gasteiger partial charge is 0.497 e. The second-order valence-electron chi connectivity index (χ2n) is 10.8. The third-order valence-corrected chi connectivity index (χ3v) is 9.11. The Morgan fingerprint density at radius 3 is 2.29 bits per heavy atom. The Labute approximate surface area is 258 Å². The van der Waals surface area contributed by atoms with Gasteiger partial charge in [-0.1, -0.05) is 65.7 Å². The van der Waals surface area contributed by atoms with Gasteiger partial charge in [0.15, 0.2) is 0 Å². The normalized spacial score (nSPS) is 17.2. The zero-order valence-electron chi connectivity index (χ0n) is 23.2. The SMILES string of the molecule is COc1ccc(CN2CCC3(CCN(CCC(NC(=O)c4ccc(Cl)c(Cl)c4)c4ccccc4)CC3)C2=O)cc1.Cl. The molecule has 3 aromatic carbocycles. The number of nitrogens with one attached hydrogen (secondary N) is 1. The molecule has 0 bridgehead atoms. The molecule has 0 aromatic heterocycles. The number of rotatable bonds is 9. The number of carbonyl (C=O) groups is 2. The molecule has 1 atom stereocenters. The summed E-state index contributed by atoms with van der Waals surface area (Å²) >= 11 is 12.2. The van der Waals surface area contributed by atoms with Crippen LogP contribution in [0.4, 0.5) is 0 Å². The van der Waals surface area contributed by atoms with E-state index in [1.165, 1.54) is 0 Å². The fraction of sp³-hybridized carbons (Fsp3) is 0.375. The average molecular weight is 617 g/mol. The highest BCUT2D eigenvalue weighted by atomic mass is 35.5. The van der Waals surface area contributed by atoms with Crippen LogP contribution >= 0.6 is 35.6 Å². The predicted octanol–water partition coefficient (Wildman–Crippen LogP) is 6.80. The molecular formula is C32H36Cl3N3O3. The van der Waals surface area contributed by atoms with Crippen LogP contribution in [0.25, 0.3) is 0 Å². The smallest absolute Gasteiger partial charge is 0.251 e. The molecule has 0 aliphatic carbocycles. The molecule has 41 heavy (non-hydrogen) atoms. The lowest BCUT2D eigenvalue weighted by atomic mass is 9.77. The van der Waals surface area contributed by atoms with E-state index in [2.05, 4.69) is 10.2 Å². The van der Waals surface area contributed by atoms with Crippen LogP contribution in [-0.2, 0) is 11.3 Å². The number of nitrogens with zero attached hydrogens (tertiary/aromatic N) is 2. The molecule has 1 spiro atoms. The first-order chi connectivity index (χ1) is 19.4. The summed E-state index contributed by atoms with van der Waals surface area (Å²) in [7, 11) is 1.66. The van der Waals surface area contributed by atoms with Gasteiger partial charge in [-0.2, -0.15) is 0 Å². The third-order valence-electron chi connectivity index (χ3n) is 8.37. The zero-order chi connectivity index (χ0) is 28.1. The summed E-state index contributed by atoms with van der Waals surface area (Å²) in [5, 5.41) is 3.97. The Balaban J connectivity index is 0.00000387. The number of hydrogen-bond acceptors (Lipinski definition) is 4. The number of piperidine rings is 1. The lowest BCUT2D eigenvalue weighted by molar-refractivity contribution is -0.138. The molecule has 1 unspecified atom stereocenters. The van der Waals surface area contributed by atoms with Crippen molar-refractivity contribution in [3.8, 4) is 5.75 Å². The molecule has 1 N–H and O–H groups in total. The van der Waals surface area contributed by atoms with E-state index >= 15 is 0 Å². The second kappa shape index (κ2) is 13.9.